The number of aliphatic carboxylic acids is 1. The number of aliphatic hydroxyl groups excluding tert-OH is 1. The van der Waals surface area contributed by atoms with Crippen molar-refractivity contribution in [2.45, 2.75) is 51.4 Å². The van der Waals surface area contributed by atoms with Gasteiger partial charge in [0.25, 0.3) is 0 Å². The minimum Gasteiger partial charge on any atom is -0.480 e. The summed E-state index contributed by atoms with van der Waals surface area (Å²) in [6, 6.07) is -3.09. The van der Waals surface area contributed by atoms with Crippen molar-refractivity contribution < 1.29 is 29.4 Å². The number of aliphatic hydroxyl groups is 1. The van der Waals surface area contributed by atoms with Crippen LogP contribution >= 0.6 is 11.8 Å². The number of carboxylic acids is 1. The molecule has 10 nitrogen and oxygen atoms in total. The number of rotatable bonds is 12. The Labute approximate surface area is 163 Å². The Bertz CT molecular complexity index is 529. The maximum Gasteiger partial charge on any atom is 0.322 e. The molecule has 11 heteroatoms. The molecule has 27 heavy (non-hydrogen) atoms. The van der Waals surface area contributed by atoms with E-state index in [1.165, 1.54) is 6.92 Å². The van der Waals surface area contributed by atoms with Gasteiger partial charge >= 0.3 is 5.97 Å². The molecule has 0 aliphatic heterocycles. The zero-order valence-electron chi connectivity index (χ0n) is 16.0. The predicted molar refractivity (Wildman–Crippen MR) is 102 cm³/mol. The number of carbonyl (C=O) groups is 4. The van der Waals surface area contributed by atoms with Crippen LogP contribution in [-0.2, 0) is 19.2 Å². The van der Waals surface area contributed by atoms with Crippen molar-refractivity contribution in [2.24, 2.45) is 11.7 Å². The molecule has 0 aromatic heterocycles. The first-order chi connectivity index (χ1) is 12.5. The monoisotopic (exact) mass is 406 g/mol. The predicted octanol–water partition coefficient (Wildman–Crippen LogP) is -1.73. The minimum absolute atomic E-state index is 0.307. The lowest BCUT2D eigenvalue weighted by Crippen LogP contribution is -2.59. The second kappa shape index (κ2) is 12.5. The summed E-state index contributed by atoms with van der Waals surface area (Å²) in [6.07, 6.45) is 1.07. The highest BCUT2D eigenvalue weighted by atomic mass is 32.2. The first kappa shape index (κ1) is 25.1. The number of hydrogen-bond acceptors (Lipinski definition) is 7. The summed E-state index contributed by atoms with van der Waals surface area (Å²) < 4.78 is 0. The van der Waals surface area contributed by atoms with Crippen LogP contribution in [0.4, 0.5) is 0 Å². The normalized spacial score (nSPS) is 15.4. The first-order valence-corrected chi connectivity index (χ1v) is 9.93. The van der Waals surface area contributed by atoms with E-state index in [-0.39, 0.29) is 5.92 Å². The van der Waals surface area contributed by atoms with Crippen molar-refractivity contribution in [3.05, 3.63) is 0 Å². The number of amides is 3. The molecule has 156 valence electrons. The summed E-state index contributed by atoms with van der Waals surface area (Å²) in [4.78, 5) is 47.3. The van der Waals surface area contributed by atoms with E-state index in [1.807, 2.05) is 6.26 Å². The van der Waals surface area contributed by atoms with Crippen LogP contribution in [0, 0.1) is 5.92 Å². The lowest BCUT2D eigenvalue weighted by Gasteiger charge is -2.27. The fourth-order valence-electron chi connectivity index (χ4n) is 2.09. The molecular weight excluding hydrogens is 376 g/mol. The maximum absolute atomic E-state index is 12.5. The van der Waals surface area contributed by atoms with Gasteiger partial charge in [-0.1, -0.05) is 13.8 Å². The third kappa shape index (κ3) is 9.59. The highest BCUT2D eigenvalue weighted by Gasteiger charge is 2.32. The number of hydrogen-bond donors (Lipinski definition) is 6. The van der Waals surface area contributed by atoms with Crippen molar-refractivity contribution in [1.29, 1.82) is 0 Å². The largest absolute Gasteiger partial charge is 0.480 e. The van der Waals surface area contributed by atoms with Gasteiger partial charge in [-0.05, 0) is 31.3 Å². The third-order valence-corrected chi connectivity index (χ3v) is 4.34. The van der Waals surface area contributed by atoms with E-state index >= 15 is 0 Å². The molecule has 3 amide bonds. The van der Waals surface area contributed by atoms with Crippen molar-refractivity contribution in [2.75, 3.05) is 18.6 Å². The molecule has 0 heterocycles. The lowest BCUT2D eigenvalue weighted by molar-refractivity contribution is -0.139. The van der Waals surface area contributed by atoms with Crippen molar-refractivity contribution in [3.8, 4) is 0 Å². The second-order valence-corrected chi connectivity index (χ2v) is 7.44. The lowest BCUT2D eigenvalue weighted by atomic mass is 10.0. The van der Waals surface area contributed by atoms with E-state index in [9.17, 15) is 24.3 Å². The molecule has 0 aliphatic rings. The standard InChI is InChI=1S/C16H30N4O6S/c1-8(2)12(19-14(24)10(17)5-6-27-4)16(26)20-13(9(3)21)15(25)18-7-11(22)23/h8-10,12-13,21H,5-7,17H2,1-4H3,(H,18,25)(H,19,24)(H,20,26)(H,22,23). The molecule has 0 saturated carbocycles. The molecule has 0 saturated heterocycles. The smallest absolute Gasteiger partial charge is 0.322 e. The fourth-order valence-corrected chi connectivity index (χ4v) is 2.58. The zero-order chi connectivity index (χ0) is 21.1. The van der Waals surface area contributed by atoms with Gasteiger partial charge in [0.1, 0.15) is 18.6 Å². The first-order valence-electron chi connectivity index (χ1n) is 8.54. The van der Waals surface area contributed by atoms with Crippen LogP contribution < -0.4 is 21.7 Å². The van der Waals surface area contributed by atoms with Crippen LogP contribution in [0.3, 0.4) is 0 Å². The molecule has 0 bridgehead atoms. The Balaban J connectivity index is 5.04. The number of carbonyl (C=O) groups excluding carboxylic acids is 3. The molecule has 0 aromatic carbocycles. The van der Waals surface area contributed by atoms with Gasteiger partial charge in [0.05, 0.1) is 12.1 Å². The fraction of sp³-hybridized carbons (Fsp3) is 0.750. The summed E-state index contributed by atoms with van der Waals surface area (Å²) >= 11 is 1.55. The van der Waals surface area contributed by atoms with E-state index in [0.717, 1.165) is 0 Å². The highest BCUT2D eigenvalue weighted by Crippen LogP contribution is 2.06. The molecule has 4 unspecified atom stereocenters. The summed E-state index contributed by atoms with van der Waals surface area (Å²) in [5, 5.41) is 25.4. The van der Waals surface area contributed by atoms with Crippen molar-refractivity contribution >= 4 is 35.5 Å². The van der Waals surface area contributed by atoms with Crippen molar-refractivity contribution in [3.63, 3.8) is 0 Å². The van der Waals surface area contributed by atoms with E-state index in [1.54, 1.807) is 25.6 Å². The molecule has 0 aliphatic carbocycles. The van der Waals surface area contributed by atoms with Crippen LogP contribution in [0.5, 0.6) is 0 Å². The van der Waals surface area contributed by atoms with Crippen LogP contribution in [0.1, 0.15) is 27.2 Å². The average molecular weight is 407 g/mol. The van der Waals surface area contributed by atoms with Gasteiger partial charge in [0.15, 0.2) is 0 Å². The number of nitrogens with one attached hydrogen (secondary N) is 3. The minimum atomic E-state index is -1.36. The number of thioether (sulfide) groups is 1. The molecule has 0 fully saturated rings. The highest BCUT2D eigenvalue weighted by molar-refractivity contribution is 7.98. The van der Waals surface area contributed by atoms with Crippen LogP contribution in [0.2, 0.25) is 0 Å². The van der Waals surface area contributed by atoms with Gasteiger partial charge in [-0.15, -0.1) is 0 Å². The van der Waals surface area contributed by atoms with Gasteiger partial charge < -0.3 is 31.9 Å². The van der Waals surface area contributed by atoms with Gasteiger partial charge in [0.2, 0.25) is 17.7 Å². The molecule has 0 rings (SSSR count). The van der Waals surface area contributed by atoms with Crippen molar-refractivity contribution in [1.82, 2.24) is 16.0 Å². The Morgan fingerprint density at radius 2 is 1.56 bits per heavy atom. The molecular formula is C16H30N4O6S. The Morgan fingerprint density at radius 3 is 2.00 bits per heavy atom. The van der Waals surface area contributed by atoms with Crippen LogP contribution in [0.15, 0.2) is 0 Å². The second-order valence-electron chi connectivity index (χ2n) is 6.46. The summed E-state index contributed by atoms with van der Waals surface area (Å²) in [7, 11) is 0. The summed E-state index contributed by atoms with van der Waals surface area (Å²) in [5.41, 5.74) is 5.80. The van der Waals surface area contributed by atoms with Gasteiger partial charge in [-0.3, -0.25) is 19.2 Å². The maximum atomic E-state index is 12.5. The zero-order valence-corrected chi connectivity index (χ0v) is 16.8. The van der Waals surface area contributed by atoms with E-state index in [4.69, 9.17) is 10.8 Å². The van der Waals surface area contributed by atoms with Crippen LogP contribution in [-0.4, -0.2) is 76.7 Å². The number of carboxylic acid groups (broad SMARTS) is 1. The third-order valence-electron chi connectivity index (χ3n) is 3.69. The summed E-state index contributed by atoms with van der Waals surface area (Å²) in [6.45, 7) is 4.05. The van der Waals surface area contributed by atoms with Gasteiger partial charge in [-0.2, -0.15) is 11.8 Å². The van der Waals surface area contributed by atoms with E-state index < -0.39 is 54.5 Å². The SMILES string of the molecule is CSCCC(N)C(=O)NC(C(=O)NC(C(=O)NCC(=O)O)C(C)O)C(C)C. The molecule has 0 aromatic rings. The molecule has 0 spiro atoms. The average Bonchev–Trinajstić information content (AvgIpc) is 2.58. The Kier molecular flexibility index (Phi) is 11.7. The molecule has 0 radical (unpaired) electrons. The topological polar surface area (TPSA) is 171 Å². The Hall–Kier alpha value is -1.85. The summed E-state index contributed by atoms with van der Waals surface area (Å²) in [5.74, 6) is -2.87. The quantitative estimate of drug-likeness (QED) is 0.222. The van der Waals surface area contributed by atoms with E-state index in [0.29, 0.717) is 12.2 Å². The molecule has 4 atom stereocenters. The van der Waals surface area contributed by atoms with Crippen LogP contribution in [0.25, 0.3) is 0 Å². The number of nitrogens with two attached hydrogens (primary N) is 1. The van der Waals surface area contributed by atoms with Gasteiger partial charge in [-0.25, -0.2) is 0 Å². The van der Waals surface area contributed by atoms with Gasteiger partial charge in [0, 0.05) is 0 Å². The van der Waals surface area contributed by atoms with E-state index in [2.05, 4.69) is 16.0 Å². The molecule has 7 N–H and O–H groups in total. The Morgan fingerprint density at radius 1 is 1.00 bits per heavy atom.